The van der Waals surface area contributed by atoms with E-state index in [1.807, 2.05) is 6.07 Å². The molecule has 1 aliphatic heterocycles. The number of rotatable bonds is 1. The minimum atomic E-state index is -0.0200. The second-order valence-corrected chi connectivity index (χ2v) is 3.25. The van der Waals surface area contributed by atoms with Gasteiger partial charge in [0.05, 0.1) is 11.6 Å². The summed E-state index contributed by atoms with van der Waals surface area (Å²) in [6.45, 7) is 1.65. The summed E-state index contributed by atoms with van der Waals surface area (Å²) in [5, 5.41) is 8.66. The van der Waals surface area contributed by atoms with Crippen molar-refractivity contribution < 1.29 is 4.79 Å². The van der Waals surface area contributed by atoms with E-state index in [1.54, 1.807) is 23.1 Å². The molecule has 1 aromatic rings. The minimum absolute atomic E-state index is 0.0200. The van der Waals surface area contributed by atoms with E-state index in [2.05, 4.69) is 6.07 Å². The Bertz CT molecular complexity index is 402. The number of hydrogen-bond donors (Lipinski definition) is 0. The lowest BCUT2D eigenvalue weighted by Gasteiger charge is -2.30. The van der Waals surface area contributed by atoms with Crippen molar-refractivity contribution in [2.75, 3.05) is 13.1 Å². The summed E-state index contributed by atoms with van der Waals surface area (Å²) in [5.74, 6) is -0.0200. The van der Waals surface area contributed by atoms with Gasteiger partial charge in [-0.3, -0.25) is 4.79 Å². The molecule has 0 saturated carbocycles. The van der Waals surface area contributed by atoms with Crippen molar-refractivity contribution in [3.05, 3.63) is 35.4 Å². The summed E-state index contributed by atoms with van der Waals surface area (Å²) < 4.78 is 0. The van der Waals surface area contributed by atoms with Crippen LogP contribution in [0.15, 0.2) is 18.2 Å². The predicted molar refractivity (Wildman–Crippen MR) is 50.5 cm³/mol. The zero-order chi connectivity index (χ0) is 9.97. The zero-order valence-electron chi connectivity index (χ0n) is 7.66. The van der Waals surface area contributed by atoms with Gasteiger partial charge in [0.2, 0.25) is 0 Å². The molecule has 3 heteroatoms. The molecule has 0 atom stereocenters. The lowest BCUT2D eigenvalue weighted by Crippen LogP contribution is -2.42. The minimum Gasteiger partial charge on any atom is -0.338 e. The van der Waals surface area contributed by atoms with Gasteiger partial charge in [-0.25, -0.2) is 0 Å². The second kappa shape index (κ2) is 3.51. The van der Waals surface area contributed by atoms with Crippen molar-refractivity contribution in [3.63, 3.8) is 0 Å². The van der Waals surface area contributed by atoms with E-state index in [0.29, 0.717) is 11.1 Å². The van der Waals surface area contributed by atoms with Crippen molar-refractivity contribution in [2.45, 2.75) is 6.42 Å². The van der Waals surface area contributed by atoms with Crippen LogP contribution in [0.4, 0.5) is 0 Å². The van der Waals surface area contributed by atoms with Crippen LogP contribution in [0.5, 0.6) is 0 Å². The molecule has 0 spiro atoms. The van der Waals surface area contributed by atoms with E-state index in [0.717, 1.165) is 19.5 Å². The Hall–Kier alpha value is -1.82. The molecule has 0 aliphatic carbocycles. The number of nitriles is 1. The molecule has 1 amide bonds. The zero-order valence-corrected chi connectivity index (χ0v) is 7.66. The molecule has 0 aromatic heterocycles. The maximum absolute atomic E-state index is 11.7. The van der Waals surface area contributed by atoms with Gasteiger partial charge >= 0.3 is 0 Å². The topological polar surface area (TPSA) is 44.1 Å². The first-order valence-electron chi connectivity index (χ1n) is 4.52. The highest BCUT2D eigenvalue weighted by Gasteiger charge is 2.21. The Morgan fingerprint density at radius 1 is 1.57 bits per heavy atom. The number of carbonyl (C=O) groups is 1. The Morgan fingerprint density at radius 2 is 2.36 bits per heavy atom. The smallest absolute Gasteiger partial charge is 0.254 e. The van der Waals surface area contributed by atoms with Crippen LogP contribution in [0, 0.1) is 17.4 Å². The van der Waals surface area contributed by atoms with Gasteiger partial charge in [-0.1, -0.05) is 6.07 Å². The summed E-state index contributed by atoms with van der Waals surface area (Å²) in [7, 11) is 0. The molecule has 0 N–H and O–H groups in total. The molecule has 1 fully saturated rings. The maximum atomic E-state index is 11.7. The molecule has 1 heterocycles. The van der Waals surface area contributed by atoms with Gasteiger partial charge < -0.3 is 4.90 Å². The fourth-order valence-corrected chi connectivity index (χ4v) is 1.35. The van der Waals surface area contributed by atoms with Crippen molar-refractivity contribution >= 4 is 5.91 Å². The van der Waals surface area contributed by atoms with Gasteiger partial charge in [-0.15, -0.1) is 0 Å². The highest BCUT2D eigenvalue weighted by Crippen LogP contribution is 2.12. The third-order valence-electron chi connectivity index (χ3n) is 2.30. The van der Waals surface area contributed by atoms with Crippen LogP contribution in [0.1, 0.15) is 22.3 Å². The first kappa shape index (κ1) is 8.76. The van der Waals surface area contributed by atoms with Crippen LogP contribution in [-0.4, -0.2) is 23.9 Å². The second-order valence-electron chi connectivity index (χ2n) is 3.25. The van der Waals surface area contributed by atoms with Crippen LogP contribution in [-0.2, 0) is 0 Å². The van der Waals surface area contributed by atoms with E-state index >= 15 is 0 Å². The van der Waals surface area contributed by atoms with Gasteiger partial charge in [0.25, 0.3) is 5.91 Å². The first-order valence-corrected chi connectivity index (χ1v) is 4.52. The molecule has 3 nitrogen and oxygen atoms in total. The first-order chi connectivity index (χ1) is 6.81. The highest BCUT2D eigenvalue weighted by molar-refractivity contribution is 5.94. The molecule has 1 saturated heterocycles. The number of amides is 1. The number of likely N-dealkylation sites (tertiary alicyclic amines) is 1. The quantitative estimate of drug-likeness (QED) is 0.660. The van der Waals surface area contributed by atoms with Crippen LogP contribution in [0.2, 0.25) is 0 Å². The van der Waals surface area contributed by atoms with Crippen molar-refractivity contribution in [1.29, 1.82) is 5.26 Å². The summed E-state index contributed by atoms with van der Waals surface area (Å²) >= 11 is 0. The lowest BCUT2D eigenvalue weighted by atomic mass is 10.1. The molecule has 0 unspecified atom stereocenters. The van der Waals surface area contributed by atoms with Crippen molar-refractivity contribution in [1.82, 2.24) is 4.90 Å². The standard InChI is InChI=1S/C11H9N2O/c12-8-9-3-1-4-10(7-9)11(14)13-5-2-6-13/h1,3,7H,2,5-6H2. The molecule has 0 bridgehead atoms. The number of nitrogens with zero attached hydrogens (tertiary/aromatic N) is 2. The van der Waals surface area contributed by atoms with Crippen LogP contribution < -0.4 is 0 Å². The van der Waals surface area contributed by atoms with Crippen LogP contribution in [0.3, 0.4) is 0 Å². The molecule has 2 rings (SSSR count). The fraction of sp³-hybridized carbons (Fsp3) is 0.273. The largest absolute Gasteiger partial charge is 0.338 e. The average Bonchev–Trinajstić information content (AvgIpc) is 2.15. The average molecular weight is 185 g/mol. The predicted octanol–water partition coefficient (Wildman–Crippen LogP) is 1.20. The van der Waals surface area contributed by atoms with Crippen molar-refractivity contribution in [3.8, 4) is 6.07 Å². The SMILES string of the molecule is N#Cc1cc[c]c(C(=O)N2CCC2)c1. The van der Waals surface area contributed by atoms with E-state index in [4.69, 9.17) is 5.26 Å². The molecule has 1 aliphatic rings. The third kappa shape index (κ3) is 1.47. The van der Waals surface area contributed by atoms with E-state index in [-0.39, 0.29) is 5.91 Å². The third-order valence-corrected chi connectivity index (χ3v) is 2.30. The van der Waals surface area contributed by atoms with E-state index < -0.39 is 0 Å². The molecular formula is C11H9N2O. The number of benzene rings is 1. The van der Waals surface area contributed by atoms with Gasteiger partial charge in [-0.05, 0) is 24.6 Å². The van der Waals surface area contributed by atoms with Gasteiger partial charge in [-0.2, -0.15) is 5.26 Å². The highest BCUT2D eigenvalue weighted by atomic mass is 16.2. The molecule has 69 valence electrons. The lowest BCUT2D eigenvalue weighted by molar-refractivity contribution is 0.0651. The Labute approximate surface area is 82.6 Å². The summed E-state index contributed by atoms with van der Waals surface area (Å²) in [6, 6.07) is 9.70. The maximum Gasteiger partial charge on any atom is 0.254 e. The Balaban J connectivity index is 2.23. The summed E-state index contributed by atoms with van der Waals surface area (Å²) in [6.07, 6.45) is 1.07. The monoisotopic (exact) mass is 185 g/mol. The summed E-state index contributed by atoms with van der Waals surface area (Å²) in [5.41, 5.74) is 0.997. The number of hydrogen-bond acceptors (Lipinski definition) is 2. The summed E-state index contributed by atoms with van der Waals surface area (Å²) in [4.78, 5) is 13.4. The molecular weight excluding hydrogens is 176 g/mol. The van der Waals surface area contributed by atoms with Gasteiger partial charge in [0, 0.05) is 18.7 Å². The van der Waals surface area contributed by atoms with Gasteiger partial charge in [0.15, 0.2) is 0 Å². The molecule has 1 aromatic carbocycles. The molecule has 1 radical (unpaired) electrons. The molecule has 14 heavy (non-hydrogen) atoms. The van der Waals surface area contributed by atoms with E-state index in [9.17, 15) is 4.79 Å². The van der Waals surface area contributed by atoms with Crippen LogP contribution in [0.25, 0.3) is 0 Å². The van der Waals surface area contributed by atoms with Gasteiger partial charge in [0.1, 0.15) is 0 Å². The van der Waals surface area contributed by atoms with Crippen LogP contribution >= 0.6 is 0 Å². The Kier molecular flexibility index (Phi) is 2.19. The van der Waals surface area contributed by atoms with E-state index in [1.165, 1.54) is 0 Å². The normalized spacial score (nSPS) is 14.4. The Morgan fingerprint density at radius 3 is 2.93 bits per heavy atom. The van der Waals surface area contributed by atoms with Crippen molar-refractivity contribution in [2.24, 2.45) is 0 Å². The number of carbonyl (C=O) groups excluding carboxylic acids is 1. The fourth-order valence-electron chi connectivity index (χ4n) is 1.35.